The van der Waals surface area contributed by atoms with Gasteiger partial charge in [0.15, 0.2) is 0 Å². The first-order valence-electron chi connectivity index (χ1n) is 6.04. The molecule has 104 valence electrons. The van der Waals surface area contributed by atoms with Gasteiger partial charge in [-0.2, -0.15) is 0 Å². The van der Waals surface area contributed by atoms with Crippen LogP contribution in [0.3, 0.4) is 0 Å². The Morgan fingerprint density at radius 3 is 2.70 bits per heavy atom. The maximum atomic E-state index is 11.7. The zero-order chi connectivity index (χ0) is 14.4. The molecule has 2 rings (SSSR count). The minimum absolute atomic E-state index is 0.147. The first-order chi connectivity index (χ1) is 9.66. The zero-order valence-electron chi connectivity index (χ0n) is 11.0. The van der Waals surface area contributed by atoms with Crippen LogP contribution in [0.25, 0.3) is 0 Å². The monoisotopic (exact) mass is 290 g/mol. The standard InChI is InChI=1S/C14H14N2O3S/c1-10-12(20-9-16-10)8-19-13(17)7-15-14(18)11-5-3-2-4-6-11/h2-6,9H,7-8H2,1H3,(H,15,18). The van der Waals surface area contributed by atoms with Crippen molar-refractivity contribution in [2.75, 3.05) is 6.54 Å². The van der Waals surface area contributed by atoms with Crippen molar-refractivity contribution in [2.24, 2.45) is 0 Å². The van der Waals surface area contributed by atoms with E-state index in [1.165, 1.54) is 11.3 Å². The van der Waals surface area contributed by atoms with Gasteiger partial charge in [0.25, 0.3) is 5.91 Å². The number of carbonyl (C=O) groups is 2. The van der Waals surface area contributed by atoms with Gasteiger partial charge in [-0.05, 0) is 19.1 Å². The fourth-order valence-electron chi connectivity index (χ4n) is 1.51. The first kappa shape index (κ1) is 14.2. The first-order valence-corrected chi connectivity index (χ1v) is 6.92. The van der Waals surface area contributed by atoms with Crippen LogP contribution in [0.15, 0.2) is 35.8 Å². The summed E-state index contributed by atoms with van der Waals surface area (Å²) in [7, 11) is 0. The van der Waals surface area contributed by atoms with Crippen LogP contribution >= 0.6 is 11.3 Å². The molecule has 0 fully saturated rings. The molecule has 1 aromatic carbocycles. The van der Waals surface area contributed by atoms with Gasteiger partial charge < -0.3 is 10.1 Å². The van der Waals surface area contributed by atoms with Gasteiger partial charge in [0, 0.05) is 5.56 Å². The van der Waals surface area contributed by atoms with Crippen molar-refractivity contribution in [1.29, 1.82) is 0 Å². The third kappa shape index (κ3) is 3.89. The number of hydrogen-bond acceptors (Lipinski definition) is 5. The van der Waals surface area contributed by atoms with E-state index in [4.69, 9.17) is 4.74 Å². The fourth-order valence-corrected chi connectivity index (χ4v) is 2.19. The van der Waals surface area contributed by atoms with E-state index >= 15 is 0 Å². The third-order valence-corrected chi connectivity index (χ3v) is 3.55. The van der Waals surface area contributed by atoms with E-state index in [2.05, 4.69) is 10.3 Å². The SMILES string of the molecule is Cc1ncsc1COC(=O)CNC(=O)c1ccccc1. The summed E-state index contributed by atoms with van der Waals surface area (Å²) in [6.07, 6.45) is 0. The van der Waals surface area contributed by atoms with E-state index in [-0.39, 0.29) is 19.1 Å². The van der Waals surface area contributed by atoms with Gasteiger partial charge in [-0.1, -0.05) is 18.2 Å². The molecular weight excluding hydrogens is 276 g/mol. The minimum Gasteiger partial charge on any atom is -0.459 e. The molecule has 0 spiro atoms. The van der Waals surface area contributed by atoms with E-state index in [0.717, 1.165) is 10.6 Å². The summed E-state index contributed by atoms with van der Waals surface area (Å²) in [5.41, 5.74) is 3.07. The lowest BCUT2D eigenvalue weighted by molar-refractivity contribution is -0.143. The van der Waals surface area contributed by atoms with E-state index in [1.54, 1.807) is 29.8 Å². The van der Waals surface area contributed by atoms with E-state index in [0.29, 0.717) is 5.56 Å². The summed E-state index contributed by atoms with van der Waals surface area (Å²) < 4.78 is 5.07. The Morgan fingerprint density at radius 1 is 1.30 bits per heavy atom. The number of carbonyl (C=O) groups excluding carboxylic acids is 2. The molecule has 6 heteroatoms. The summed E-state index contributed by atoms with van der Waals surface area (Å²) >= 11 is 1.44. The van der Waals surface area contributed by atoms with Crippen molar-refractivity contribution in [2.45, 2.75) is 13.5 Å². The molecule has 1 aromatic heterocycles. The lowest BCUT2D eigenvalue weighted by Crippen LogP contribution is -2.30. The molecule has 0 radical (unpaired) electrons. The van der Waals surface area contributed by atoms with Crippen molar-refractivity contribution >= 4 is 23.2 Å². The lowest BCUT2D eigenvalue weighted by Gasteiger charge is -2.06. The largest absolute Gasteiger partial charge is 0.459 e. The molecular formula is C14H14N2O3S. The molecule has 20 heavy (non-hydrogen) atoms. The van der Waals surface area contributed by atoms with Crippen LogP contribution in [-0.4, -0.2) is 23.4 Å². The molecule has 0 atom stereocenters. The number of ether oxygens (including phenoxy) is 1. The number of aryl methyl sites for hydroxylation is 1. The minimum atomic E-state index is -0.470. The third-order valence-electron chi connectivity index (χ3n) is 2.64. The highest BCUT2D eigenvalue weighted by Gasteiger charge is 2.09. The summed E-state index contributed by atoms with van der Waals surface area (Å²) in [4.78, 5) is 28.2. The smallest absolute Gasteiger partial charge is 0.325 e. The average molecular weight is 290 g/mol. The van der Waals surface area contributed by atoms with Crippen LogP contribution in [0.4, 0.5) is 0 Å². The second kappa shape index (κ2) is 6.81. The van der Waals surface area contributed by atoms with Gasteiger partial charge in [0.1, 0.15) is 13.2 Å². The Morgan fingerprint density at radius 2 is 2.05 bits per heavy atom. The Balaban J connectivity index is 1.75. The Kier molecular flexibility index (Phi) is 4.84. The van der Waals surface area contributed by atoms with Gasteiger partial charge in [-0.3, -0.25) is 9.59 Å². The second-order valence-corrected chi connectivity index (χ2v) is 5.01. The van der Waals surface area contributed by atoms with Gasteiger partial charge in [0.05, 0.1) is 16.1 Å². The Labute approximate surface area is 120 Å². The number of thiazole rings is 1. The van der Waals surface area contributed by atoms with Gasteiger partial charge in [0.2, 0.25) is 0 Å². The van der Waals surface area contributed by atoms with Crippen LogP contribution in [0, 0.1) is 6.92 Å². The number of hydrogen-bond donors (Lipinski definition) is 1. The highest BCUT2D eigenvalue weighted by Crippen LogP contribution is 2.12. The molecule has 0 bridgehead atoms. The predicted molar refractivity (Wildman–Crippen MR) is 75.4 cm³/mol. The summed E-state index contributed by atoms with van der Waals surface area (Å²) in [5.74, 6) is -0.765. The predicted octanol–water partition coefficient (Wildman–Crippen LogP) is 1.92. The molecule has 0 aliphatic rings. The fraction of sp³-hybridized carbons (Fsp3) is 0.214. The van der Waals surface area contributed by atoms with Crippen LogP contribution in [0.1, 0.15) is 20.9 Å². The van der Waals surface area contributed by atoms with Crippen molar-refractivity contribution in [3.63, 3.8) is 0 Å². The van der Waals surface area contributed by atoms with Crippen molar-refractivity contribution in [3.05, 3.63) is 52.0 Å². The molecule has 0 saturated carbocycles. The molecule has 0 unspecified atom stereocenters. The number of esters is 1. The molecule has 0 saturated heterocycles. The van der Waals surface area contributed by atoms with Crippen molar-refractivity contribution in [1.82, 2.24) is 10.3 Å². The maximum Gasteiger partial charge on any atom is 0.325 e. The number of rotatable bonds is 5. The summed E-state index contributed by atoms with van der Waals surface area (Å²) in [6.45, 7) is 1.90. The van der Waals surface area contributed by atoms with Crippen LogP contribution in [0.5, 0.6) is 0 Å². The van der Waals surface area contributed by atoms with Crippen LogP contribution < -0.4 is 5.32 Å². The maximum absolute atomic E-state index is 11.7. The summed E-state index contributed by atoms with van der Waals surface area (Å²) in [6, 6.07) is 8.71. The molecule has 1 heterocycles. The second-order valence-electron chi connectivity index (χ2n) is 4.07. The molecule has 1 amide bonds. The number of benzene rings is 1. The van der Waals surface area contributed by atoms with E-state index in [9.17, 15) is 9.59 Å². The molecule has 1 N–H and O–H groups in total. The highest BCUT2D eigenvalue weighted by molar-refractivity contribution is 7.09. The van der Waals surface area contributed by atoms with Crippen molar-refractivity contribution < 1.29 is 14.3 Å². The van der Waals surface area contributed by atoms with Gasteiger partial charge >= 0.3 is 5.97 Å². The van der Waals surface area contributed by atoms with Gasteiger partial charge in [-0.15, -0.1) is 11.3 Å². The summed E-state index contributed by atoms with van der Waals surface area (Å²) in [5, 5.41) is 2.52. The highest BCUT2D eigenvalue weighted by atomic mass is 32.1. The topological polar surface area (TPSA) is 68.3 Å². The Hall–Kier alpha value is -2.21. The number of amides is 1. The number of nitrogens with zero attached hydrogens (tertiary/aromatic N) is 1. The molecule has 2 aromatic rings. The molecule has 0 aliphatic carbocycles. The molecule has 5 nitrogen and oxygen atoms in total. The van der Waals surface area contributed by atoms with Crippen LogP contribution in [-0.2, 0) is 16.1 Å². The zero-order valence-corrected chi connectivity index (χ0v) is 11.8. The van der Waals surface area contributed by atoms with Crippen molar-refractivity contribution in [3.8, 4) is 0 Å². The quantitative estimate of drug-likeness (QED) is 0.854. The Bertz CT molecular complexity index is 595. The normalized spacial score (nSPS) is 10.1. The number of nitrogens with one attached hydrogen (secondary N) is 1. The van der Waals surface area contributed by atoms with E-state index < -0.39 is 5.97 Å². The van der Waals surface area contributed by atoms with Gasteiger partial charge in [-0.25, -0.2) is 4.98 Å². The lowest BCUT2D eigenvalue weighted by atomic mass is 10.2. The van der Waals surface area contributed by atoms with Crippen LogP contribution in [0.2, 0.25) is 0 Å². The number of aromatic nitrogens is 1. The average Bonchev–Trinajstić information content (AvgIpc) is 2.89. The van der Waals surface area contributed by atoms with E-state index in [1.807, 2.05) is 13.0 Å². The molecule has 0 aliphatic heterocycles.